The van der Waals surface area contributed by atoms with E-state index in [0.29, 0.717) is 12.1 Å². The number of aryl methyl sites for hydroxylation is 2. The predicted octanol–water partition coefficient (Wildman–Crippen LogP) is 1.27. The van der Waals surface area contributed by atoms with Crippen molar-refractivity contribution in [3.8, 4) is 0 Å². The summed E-state index contributed by atoms with van der Waals surface area (Å²) in [6.45, 7) is 4.12. The summed E-state index contributed by atoms with van der Waals surface area (Å²) in [7, 11) is 0. The first kappa shape index (κ1) is 8.01. The summed E-state index contributed by atoms with van der Waals surface area (Å²) >= 11 is 1.71. The predicted molar refractivity (Wildman–Crippen MR) is 51.6 cm³/mol. The van der Waals surface area contributed by atoms with E-state index in [-0.39, 0.29) is 0 Å². The molecule has 2 rings (SSSR count). The molecule has 0 spiro atoms. The van der Waals surface area contributed by atoms with Crippen molar-refractivity contribution >= 4 is 16.5 Å². The number of nitrogens with one attached hydrogen (secondary N) is 1. The smallest absolute Gasteiger partial charge is 0.183 e. The van der Waals surface area contributed by atoms with Gasteiger partial charge in [-0.25, -0.2) is 4.98 Å². The van der Waals surface area contributed by atoms with Crippen LogP contribution in [-0.4, -0.2) is 17.1 Å². The van der Waals surface area contributed by atoms with Crippen LogP contribution in [0.5, 0.6) is 0 Å². The third-order valence-electron chi connectivity index (χ3n) is 2.18. The Labute approximate surface area is 76.0 Å². The lowest BCUT2D eigenvalue weighted by Gasteiger charge is -1.96. The van der Waals surface area contributed by atoms with Crippen LogP contribution in [0.1, 0.15) is 17.0 Å². The van der Waals surface area contributed by atoms with Crippen LogP contribution in [0.15, 0.2) is 0 Å². The molecule has 12 heavy (non-hydrogen) atoms. The highest BCUT2D eigenvalue weighted by molar-refractivity contribution is 7.15. The highest BCUT2D eigenvalue weighted by Gasteiger charge is 2.33. The second-order valence-electron chi connectivity index (χ2n) is 3.31. The van der Waals surface area contributed by atoms with Crippen molar-refractivity contribution in [2.75, 3.05) is 5.32 Å². The van der Waals surface area contributed by atoms with E-state index in [1.807, 2.05) is 6.92 Å². The number of thiazole rings is 1. The molecule has 0 amide bonds. The molecule has 3 N–H and O–H groups in total. The van der Waals surface area contributed by atoms with E-state index in [0.717, 1.165) is 17.2 Å². The van der Waals surface area contributed by atoms with Crippen molar-refractivity contribution < 1.29 is 0 Å². The van der Waals surface area contributed by atoms with E-state index in [1.54, 1.807) is 11.3 Å². The molecule has 1 saturated carbocycles. The van der Waals surface area contributed by atoms with E-state index in [4.69, 9.17) is 5.73 Å². The van der Waals surface area contributed by atoms with Crippen molar-refractivity contribution in [1.82, 2.24) is 4.98 Å². The number of nitrogens with zero attached hydrogens (tertiary/aromatic N) is 1. The average molecular weight is 183 g/mol. The minimum absolute atomic E-state index is 0.342. The van der Waals surface area contributed by atoms with Gasteiger partial charge in [-0.05, 0) is 20.3 Å². The zero-order valence-electron chi connectivity index (χ0n) is 7.29. The first-order chi connectivity index (χ1) is 5.66. The molecule has 1 aliphatic rings. The minimum Gasteiger partial charge on any atom is -0.357 e. The average Bonchev–Trinajstić information content (AvgIpc) is 2.56. The number of rotatable bonds is 2. The van der Waals surface area contributed by atoms with Crippen LogP contribution < -0.4 is 11.1 Å². The molecule has 2 unspecified atom stereocenters. The summed E-state index contributed by atoms with van der Waals surface area (Å²) in [5, 5.41) is 4.33. The van der Waals surface area contributed by atoms with Crippen molar-refractivity contribution in [2.24, 2.45) is 5.73 Å². The fraction of sp³-hybridized carbons (Fsp3) is 0.625. The Morgan fingerprint density at radius 2 is 2.25 bits per heavy atom. The van der Waals surface area contributed by atoms with Gasteiger partial charge in [0.15, 0.2) is 5.13 Å². The molecular formula is C8H13N3S. The van der Waals surface area contributed by atoms with Crippen molar-refractivity contribution in [1.29, 1.82) is 0 Å². The maximum absolute atomic E-state index is 5.67. The van der Waals surface area contributed by atoms with Gasteiger partial charge >= 0.3 is 0 Å². The molecule has 0 aliphatic heterocycles. The molecule has 2 atom stereocenters. The van der Waals surface area contributed by atoms with Gasteiger partial charge in [0.05, 0.1) is 5.69 Å². The van der Waals surface area contributed by atoms with Crippen LogP contribution >= 0.6 is 11.3 Å². The Morgan fingerprint density at radius 1 is 1.58 bits per heavy atom. The molecule has 0 radical (unpaired) electrons. The largest absolute Gasteiger partial charge is 0.357 e. The molecule has 1 heterocycles. The third-order valence-corrected chi connectivity index (χ3v) is 3.18. The monoisotopic (exact) mass is 183 g/mol. The topological polar surface area (TPSA) is 50.9 Å². The molecular weight excluding hydrogens is 170 g/mol. The molecule has 1 aromatic rings. The molecule has 4 heteroatoms. The second-order valence-corrected chi connectivity index (χ2v) is 4.51. The Bertz CT molecular complexity index is 275. The Hall–Kier alpha value is -0.610. The Balaban J connectivity index is 2.04. The van der Waals surface area contributed by atoms with Gasteiger partial charge in [0.1, 0.15) is 0 Å². The van der Waals surface area contributed by atoms with Crippen LogP contribution in [0.25, 0.3) is 0 Å². The summed E-state index contributed by atoms with van der Waals surface area (Å²) < 4.78 is 0. The molecule has 0 saturated heterocycles. The first-order valence-corrected chi connectivity index (χ1v) is 4.94. The fourth-order valence-corrected chi connectivity index (χ4v) is 1.95. The second kappa shape index (κ2) is 2.71. The standard InChI is InChI=1S/C8H13N3S/c1-4-5(2)12-8(10-4)11-7-3-6(7)9/h6-7H,3,9H2,1-2H3,(H,10,11). The van der Waals surface area contributed by atoms with Gasteiger partial charge in [0.2, 0.25) is 0 Å². The normalized spacial score (nSPS) is 27.2. The minimum atomic E-state index is 0.342. The molecule has 66 valence electrons. The molecule has 3 nitrogen and oxygen atoms in total. The van der Waals surface area contributed by atoms with E-state index in [2.05, 4.69) is 17.2 Å². The maximum atomic E-state index is 5.67. The Morgan fingerprint density at radius 3 is 2.67 bits per heavy atom. The van der Waals surface area contributed by atoms with Crippen molar-refractivity contribution in [2.45, 2.75) is 32.4 Å². The van der Waals surface area contributed by atoms with Gasteiger partial charge in [-0.1, -0.05) is 0 Å². The summed E-state index contributed by atoms with van der Waals surface area (Å²) in [4.78, 5) is 5.66. The van der Waals surface area contributed by atoms with Gasteiger partial charge in [-0.3, -0.25) is 0 Å². The van der Waals surface area contributed by atoms with Gasteiger partial charge in [-0.2, -0.15) is 0 Å². The van der Waals surface area contributed by atoms with E-state index < -0.39 is 0 Å². The van der Waals surface area contributed by atoms with Crippen LogP contribution in [-0.2, 0) is 0 Å². The Kier molecular flexibility index (Phi) is 1.81. The van der Waals surface area contributed by atoms with Crippen LogP contribution in [0.3, 0.4) is 0 Å². The third kappa shape index (κ3) is 1.44. The SMILES string of the molecule is Cc1nc(NC2CC2N)sc1C. The summed E-state index contributed by atoms with van der Waals surface area (Å²) in [5.41, 5.74) is 6.80. The summed E-state index contributed by atoms with van der Waals surface area (Å²) in [5.74, 6) is 0. The lowest BCUT2D eigenvalue weighted by atomic mass is 10.4. The quantitative estimate of drug-likeness (QED) is 0.726. The highest BCUT2D eigenvalue weighted by Crippen LogP contribution is 2.27. The zero-order chi connectivity index (χ0) is 8.72. The van der Waals surface area contributed by atoms with Crippen LogP contribution in [0, 0.1) is 13.8 Å². The van der Waals surface area contributed by atoms with Gasteiger partial charge < -0.3 is 11.1 Å². The van der Waals surface area contributed by atoms with Gasteiger partial charge in [0, 0.05) is 17.0 Å². The number of anilines is 1. The molecule has 1 fully saturated rings. The zero-order valence-corrected chi connectivity index (χ0v) is 8.11. The lowest BCUT2D eigenvalue weighted by Crippen LogP contribution is -2.12. The highest BCUT2D eigenvalue weighted by atomic mass is 32.1. The van der Waals surface area contributed by atoms with Crippen molar-refractivity contribution in [3.63, 3.8) is 0 Å². The van der Waals surface area contributed by atoms with E-state index in [1.165, 1.54) is 4.88 Å². The van der Waals surface area contributed by atoms with E-state index >= 15 is 0 Å². The number of hydrogen-bond acceptors (Lipinski definition) is 4. The molecule has 1 aromatic heterocycles. The van der Waals surface area contributed by atoms with Crippen LogP contribution in [0.4, 0.5) is 5.13 Å². The van der Waals surface area contributed by atoms with Crippen molar-refractivity contribution in [3.05, 3.63) is 10.6 Å². The first-order valence-electron chi connectivity index (χ1n) is 4.13. The molecule has 0 aromatic carbocycles. The summed E-state index contributed by atoms with van der Waals surface area (Å²) in [6.07, 6.45) is 1.08. The maximum Gasteiger partial charge on any atom is 0.183 e. The van der Waals surface area contributed by atoms with E-state index in [9.17, 15) is 0 Å². The van der Waals surface area contributed by atoms with Gasteiger partial charge in [-0.15, -0.1) is 11.3 Å². The molecule has 0 bridgehead atoms. The number of hydrogen-bond donors (Lipinski definition) is 2. The van der Waals surface area contributed by atoms with Crippen LogP contribution in [0.2, 0.25) is 0 Å². The number of nitrogens with two attached hydrogens (primary N) is 1. The van der Waals surface area contributed by atoms with Gasteiger partial charge in [0.25, 0.3) is 0 Å². The lowest BCUT2D eigenvalue weighted by molar-refractivity contribution is 1.00. The fourth-order valence-electron chi connectivity index (χ4n) is 1.07. The molecule has 1 aliphatic carbocycles. The number of aromatic nitrogens is 1. The summed E-state index contributed by atoms with van der Waals surface area (Å²) in [6, 6.07) is 0.810.